The highest BCUT2D eigenvalue weighted by Crippen LogP contribution is 2.59. The van der Waals surface area contributed by atoms with Crippen LogP contribution in [0.15, 0.2) is 60.7 Å². The molecule has 0 amide bonds. The van der Waals surface area contributed by atoms with Gasteiger partial charge in [0.25, 0.3) is 0 Å². The van der Waals surface area contributed by atoms with Crippen molar-refractivity contribution in [2.24, 2.45) is 0 Å². The highest BCUT2D eigenvalue weighted by molar-refractivity contribution is 8.78. The van der Waals surface area contributed by atoms with E-state index in [1.165, 1.54) is 10.8 Å². The zero-order chi connectivity index (χ0) is 20.2. The lowest BCUT2D eigenvalue weighted by Crippen LogP contribution is -2.52. The first-order chi connectivity index (χ1) is 13.4. The molecular formula is C21H22O5S2. The van der Waals surface area contributed by atoms with Gasteiger partial charge in [0.1, 0.15) is 12.7 Å². The summed E-state index contributed by atoms with van der Waals surface area (Å²) in [5.41, 5.74) is 0.873. The SMILES string of the molecule is COC1C(C)(C)SSC1(COC(=O)c1ccccc1)OC(=O)c1ccccc1. The molecule has 0 aromatic heterocycles. The van der Waals surface area contributed by atoms with Crippen LogP contribution in [0.1, 0.15) is 34.6 Å². The molecule has 1 aliphatic rings. The molecule has 0 bridgehead atoms. The summed E-state index contributed by atoms with van der Waals surface area (Å²) >= 11 is 0. The molecule has 2 atom stereocenters. The minimum Gasteiger partial charge on any atom is -0.457 e. The Kier molecular flexibility index (Phi) is 6.37. The Hall–Kier alpha value is -1.96. The Morgan fingerprint density at radius 3 is 1.96 bits per heavy atom. The van der Waals surface area contributed by atoms with E-state index in [1.807, 2.05) is 26.0 Å². The highest BCUT2D eigenvalue weighted by atomic mass is 33.1. The average Bonchev–Trinajstić information content (AvgIpc) is 2.97. The van der Waals surface area contributed by atoms with Crippen molar-refractivity contribution >= 4 is 33.5 Å². The van der Waals surface area contributed by atoms with Crippen LogP contribution in [0.2, 0.25) is 0 Å². The van der Waals surface area contributed by atoms with Crippen LogP contribution in [0.3, 0.4) is 0 Å². The van der Waals surface area contributed by atoms with E-state index in [9.17, 15) is 9.59 Å². The van der Waals surface area contributed by atoms with Crippen molar-refractivity contribution in [1.29, 1.82) is 0 Å². The second kappa shape index (κ2) is 8.59. The van der Waals surface area contributed by atoms with Gasteiger partial charge in [0.2, 0.25) is 4.93 Å². The topological polar surface area (TPSA) is 61.8 Å². The van der Waals surface area contributed by atoms with Crippen molar-refractivity contribution in [2.75, 3.05) is 13.7 Å². The largest absolute Gasteiger partial charge is 0.457 e. The second-order valence-corrected chi connectivity index (χ2v) is 9.97. The average molecular weight is 419 g/mol. The smallest absolute Gasteiger partial charge is 0.339 e. The first-order valence-electron chi connectivity index (χ1n) is 8.78. The lowest BCUT2D eigenvalue weighted by atomic mass is 10.00. The Labute approximate surface area is 172 Å². The summed E-state index contributed by atoms with van der Waals surface area (Å²) in [5, 5.41) is 0. The van der Waals surface area contributed by atoms with Gasteiger partial charge < -0.3 is 14.2 Å². The molecule has 3 rings (SSSR count). The molecule has 2 aromatic rings. The molecule has 0 N–H and O–H groups in total. The predicted molar refractivity (Wildman–Crippen MR) is 111 cm³/mol. The van der Waals surface area contributed by atoms with Crippen molar-refractivity contribution in [3.8, 4) is 0 Å². The lowest BCUT2D eigenvalue weighted by Gasteiger charge is -2.35. The summed E-state index contributed by atoms with van der Waals surface area (Å²) in [6, 6.07) is 17.5. The molecule has 2 aromatic carbocycles. The van der Waals surface area contributed by atoms with Crippen molar-refractivity contribution < 1.29 is 23.8 Å². The normalized spacial score (nSPS) is 23.2. The van der Waals surface area contributed by atoms with E-state index in [4.69, 9.17) is 14.2 Å². The number of hydrogen-bond acceptors (Lipinski definition) is 7. The number of esters is 2. The molecule has 7 heteroatoms. The predicted octanol–water partition coefficient (Wildman–Crippen LogP) is 4.59. The van der Waals surface area contributed by atoms with Crippen LogP contribution in [0.5, 0.6) is 0 Å². The van der Waals surface area contributed by atoms with Gasteiger partial charge in [-0.15, -0.1) is 0 Å². The molecule has 2 unspecified atom stereocenters. The van der Waals surface area contributed by atoms with Gasteiger partial charge in [0, 0.05) is 7.11 Å². The molecule has 0 spiro atoms. The summed E-state index contributed by atoms with van der Waals surface area (Å²) in [6.07, 6.45) is -0.466. The van der Waals surface area contributed by atoms with Crippen LogP contribution in [0.25, 0.3) is 0 Å². The number of hydrogen-bond donors (Lipinski definition) is 0. The maximum absolute atomic E-state index is 12.8. The summed E-state index contributed by atoms with van der Waals surface area (Å²) < 4.78 is 16.8. The minimum atomic E-state index is -1.15. The summed E-state index contributed by atoms with van der Waals surface area (Å²) in [6.45, 7) is 3.91. The van der Waals surface area contributed by atoms with Gasteiger partial charge in [-0.3, -0.25) is 0 Å². The van der Waals surface area contributed by atoms with Crippen LogP contribution in [0, 0.1) is 0 Å². The number of carbonyl (C=O) groups is 2. The van der Waals surface area contributed by atoms with Gasteiger partial charge in [-0.1, -0.05) is 47.2 Å². The quantitative estimate of drug-likeness (QED) is 0.502. The molecule has 1 saturated heterocycles. The fourth-order valence-corrected chi connectivity index (χ4v) is 6.41. The zero-order valence-corrected chi connectivity index (χ0v) is 17.5. The zero-order valence-electron chi connectivity index (χ0n) is 15.9. The highest BCUT2D eigenvalue weighted by Gasteiger charge is 2.59. The van der Waals surface area contributed by atoms with Crippen LogP contribution in [-0.2, 0) is 14.2 Å². The van der Waals surface area contributed by atoms with E-state index >= 15 is 0 Å². The molecule has 1 fully saturated rings. The molecule has 1 heterocycles. The number of methoxy groups -OCH3 is 1. The van der Waals surface area contributed by atoms with Crippen LogP contribution in [0.4, 0.5) is 0 Å². The number of benzene rings is 2. The number of rotatable bonds is 6. The van der Waals surface area contributed by atoms with Crippen molar-refractivity contribution in [2.45, 2.75) is 29.6 Å². The summed E-state index contributed by atoms with van der Waals surface area (Å²) in [5.74, 6) is -0.954. The minimum absolute atomic E-state index is 0.112. The van der Waals surface area contributed by atoms with Crippen LogP contribution < -0.4 is 0 Å². The van der Waals surface area contributed by atoms with E-state index in [0.29, 0.717) is 11.1 Å². The fourth-order valence-electron chi connectivity index (χ4n) is 3.07. The van der Waals surface area contributed by atoms with Crippen molar-refractivity contribution in [3.63, 3.8) is 0 Å². The number of carbonyl (C=O) groups excluding carboxylic acids is 2. The Bertz CT molecular complexity index is 825. The van der Waals surface area contributed by atoms with E-state index in [1.54, 1.807) is 66.4 Å². The maximum atomic E-state index is 12.8. The van der Waals surface area contributed by atoms with Gasteiger partial charge in [-0.05, 0) is 48.9 Å². The van der Waals surface area contributed by atoms with Crippen LogP contribution >= 0.6 is 21.6 Å². The molecule has 0 saturated carbocycles. The standard InChI is InChI=1S/C21H22O5S2/c1-20(2)19(24-3)21(28-27-20,26-18(23)16-12-8-5-9-13-16)14-25-17(22)15-10-6-4-7-11-15/h4-13,19H,14H2,1-3H3. The first kappa shape index (κ1) is 20.8. The third-order valence-corrected chi connectivity index (χ3v) is 8.16. The van der Waals surface area contributed by atoms with E-state index < -0.39 is 23.0 Å². The Morgan fingerprint density at radius 2 is 1.43 bits per heavy atom. The molecule has 28 heavy (non-hydrogen) atoms. The molecule has 5 nitrogen and oxygen atoms in total. The van der Waals surface area contributed by atoms with Gasteiger partial charge in [-0.25, -0.2) is 9.59 Å². The maximum Gasteiger partial charge on any atom is 0.339 e. The first-order valence-corrected chi connectivity index (χ1v) is 10.9. The number of ether oxygens (including phenoxy) is 3. The lowest BCUT2D eigenvalue weighted by molar-refractivity contribution is -0.0854. The van der Waals surface area contributed by atoms with Gasteiger partial charge in [0.05, 0.1) is 15.9 Å². The molecule has 1 aliphatic heterocycles. The van der Waals surface area contributed by atoms with Gasteiger partial charge in [-0.2, -0.15) is 0 Å². The van der Waals surface area contributed by atoms with Crippen LogP contribution in [-0.4, -0.2) is 41.4 Å². The van der Waals surface area contributed by atoms with Gasteiger partial charge >= 0.3 is 11.9 Å². The Morgan fingerprint density at radius 1 is 0.893 bits per heavy atom. The van der Waals surface area contributed by atoms with Crippen molar-refractivity contribution in [1.82, 2.24) is 0 Å². The summed E-state index contributed by atoms with van der Waals surface area (Å²) in [7, 11) is 4.48. The van der Waals surface area contributed by atoms with E-state index in [0.717, 1.165) is 0 Å². The second-order valence-electron chi connectivity index (χ2n) is 6.90. The molecule has 0 aliphatic carbocycles. The molecular weight excluding hydrogens is 396 g/mol. The fraction of sp³-hybridized carbons (Fsp3) is 0.333. The monoisotopic (exact) mass is 418 g/mol. The molecule has 0 radical (unpaired) electrons. The van der Waals surface area contributed by atoms with Crippen molar-refractivity contribution in [3.05, 3.63) is 71.8 Å². The van der Waals surface area contributed by atoms with E-state index in [-0.39, 0.29) is 11.4 Å². The third kappa shape index (κ3) is 4.37. The summed E-state index contributed by atoms with van der Waals surface area (Å²) in [4.78, 5) is 24.0. The Balaban J connectivity index is 1.83. The van der Waals surface area contributed by atoms with Gasteiger partial charge in [0.15, 0.2) is 0 Å². The third-order valence-electron chi connectivity index (χ3n) is 4.35. The van der Waals surface area contributed by atoms with E-state index in [2.05, 4.69) is 0 Å². The molecule has 148 valence electrons.